The molecule has 3 rings (SSSR count). The highest BCUT2D eigenvalue weighted by Gasteiger charge is 2.33. The third-order valence-electron chi connectivity index (χ3n) is 5.10. The lowest BCUT2D eigenvalue weighted by Crippen LogP contribution is -2.34. The molecule has 1 atom stereocenters. The standard InChI is InChI=1S/C23H23Cl3N2O4/c1-5-13(23(29)30)10-28(4)21-17(26)9-18(21)31-11-14-20(27-32-22(14)12(2)3)19-15(24)7-6-8-16(19)25/h5-8,10,12,18H,1,9,11H2,2-4H3,(H,29,30)/b13-10+/t18-/m1/s1. The molecule has 0 amide bonds. The van der Waals surface area contributed by atoms with Gasteiger partial charge in [0, 0.05) is 41.7 Å². The summed E-state index contributed by atoms with van der Waals surface area (Å²) in [4.78, 5) is 12.9. The second-order valence-electron chi connectivity index (χ2n) is 7.62. The lowest BCUT2D eigenvalue weighted by atomic mass is 9.99. The molecule has 1 N–H and O–H groups in total. The number of hydrogen-bond acceptors (Lipinski definition) is 5. The quantitative estimate of drug-likeness (QED) is 0.311. The molecule has 1 aromatic heterocycles. The molecule has 0 fully saturated rings. The minimum Gasteiger partial charge on any atom is -0.478 e. The Balaban J connectivity index is 1.87. The van der Waals surface area contributed by atoms with Gasteiger partial charge < -0.3 is 19.3 Å². The van der Waals surface area contributed by atoms with Crippen molar-refractivity contribution < 1.29 is 19.2 Å². The van der Waals surface area contributed by atoms with E-state index in [4.69, 9.17) is 44.1 Å². The number of hydrogen-bond donors (Lipinski definition) is 1. The average Bonchev–Trinajstić information content (AvgIpc) is 3.12. The van der Waals surface area contributed by atoms with Crippen molar-refractivity contribution in [3.63, 3.8) is 0 Å². The fourth-order valence-corrected chi connectivity index (χ4v) is 4.43. The van der Waals surface area contributed by atoms with Crippen LogP contribution in [-0.2, 0) is 16.1 Å². The van der Waals surface area contributed by atoms with Crippen molar-refractivity contribution in [1.82, 2.24) is 10.1 Å². The Morgan fingerprint density at radius 1 is 1.38 bits per heavy atom. The summed E-state index contributed by atoms with van der Waals surface area (Å²) < 4.78 is 11.8. The predicted octanol–water partition coefficient (Wildman–Crippen LogP) is 6.60. The molecular formula is C23H23Cl3N2O4. The van der Waals surface area contributed by atoms with E-state index in [1.165, 1.54) is 12.3 Å². The van der Waals surface area contributed by atoms with Crippen molar-refractivity contribution in [2.24, 2.45) is 0 Å². The zero-order chi connectivity index (χ0) is 23.6. The minimum atomic E-state index is -1.08. The second kappa shape index (κ2) is 10.1. The number of halogens is 3. The van der Waals surface area contributed by atoms with Crippen LogP contribution >= 0.6 is 34.8 Å². The van der Waals surface area contributed by atoms with Crippen molar-refractivity contribution in [2.45, 2.75) is 38.9 Å². The van der Waals surface area contributed by atoms with Gasteiger partial charge in [-0.3, -0.25) is 0 Å². The van der Waals surface area contributed by atoms with E-state index >= 15 is 0 Å². The average molecular weight is 498 g/mol. The van der Waals surface area contributed by atoms with Gasteiger partial charge in [0.1, 0.15) is 17.6 Å². The SMILES string of the molecule is C=C/C(=C\N(C)C1=C(Cl)C[C@H]1OCc1c(-c2c(Cl)cccc2Cl)noc1C(C)C)C(=O)O. The Labute approximate surface area is 201 Å². The van der Waals surface area contributed by atoms with Gasteiger partial charge >= 0.3 is 5.97 Å². The van der Waals surface area contributed by atoms with E-state index in [1.807, 2.05) is 13.8 Å². The van der Waals surface area contributed by atoms with Gasteiger partial charge in [-0.15, -0.1) is 0 Å². The number of aliphatic carboxylic acids is 1. The van der Waals surface area contributed by atoms with Crippen molar-refractivity contribution in [1.29, 1.82) is 0 Å². The summed E-state index contributed by atoms with van der Waals surface area (Å²) in [6.07, 6.45) is 2.91. The van der Waals surface area contributed by atoms with Gasteiger partial charge in [-0.25, -0.2) is 4.79 Å². The molecule has 0 saturated carbocycles. The van der Waals surface area contributed by atoms with E-state index in [9.17, 15) is 9.90 Å². The Kier molecular flexibility index (Phi) is 7.72. The molecule has 2 aromatic rings. The minimum absolute atomic E-state index is 0.0480. The van der Waals surface area contributed by atoms with E-state index in [-0.39, 0.29) is 24.2 Å². The summed E-state index contributed by atoms with van der Waals surface area (Å²) in [5.74, 6) is -0.333. The molecule has 32 heavy (non-hydrogen) atoms. The fourth-order valence-electron chi connectivity index (χ4n) is 3.46. The van der Waals surface area contributed by atoms with Crippen LogP contribution in [0.1, 0.15) is 37.5 Å². The maximum absolute atomic E-state index is 11.3. The zero-order valence-corrected chi connectivity index (χ0v) is 20.1. The number of carboxylic acids is 1. The molecule has 0 unspecified atom stereocenters. The van der Waals surface area contributed by atoms with Gasteiger partial charge in [0.2, 0.25) is 0 Å². The first kappa shape index (κ1) is 24.4. The number of ether oxygens (including phenoxy) is 1. The van der Waals surface area contributed by atoms with Gasteiger partial charge in [0.25, 0.3) is 0 Å². The molecule has 1 aliphatic rings. The summed E-state index contributed by atoms with van der Waals surface area (Å²) in [5.41, 5.74) is 2.62. The van der Waals surface area contributed by atoms with Crippen LogP contribution in [0.25, 0.3) is 11.3 Å². The lowest BCUT2D eigenvalue weighted by Gasteiger charge is -2.35. The van der Waals surface area contributed by atoms with Crippen LogP contribution in [0.5, 0.6) is 0 Å². The van der Waals surface area contributed by atoms with E-state index in [1.54, 1.807) is 30.1 Å². The first-order valence-electron chi connectivity index (χ1n) is 9.89. The highest BCUT2D eigenvalue weighted by molar-refractivity contribution is 6.39. The summed E-state index contributed by atoms with van der Waals surface area (Å²) in [5, 5.41) is 15.0. The summed E-state index contributed by atoms with van der Waals surface area (Å²) in [6, 6.07) is 5.24. The first-order chi connectivity index (χ1) is 15.1. The summed E-state index contributed by atoms with van der Waals surface area (Å²) >= 11 is 19.1. The highest BCUT2D eigenvalue weighted by Crippen LogP contribution is 2.41. The van der Waals surface area contributed by atoms with Crippen LogP contribution in [-0.4, -0.2) is 34.3 Å². The number of nitrogens with zero attached hydrogens (tertiary/aromatic N) is 2. The molecule has 170 valence electrons. The van der Waals surface area contributed by atoms with Crippen molar-refractivity contribution in [2.75, 3.05) is 7.05 Å². The number of carbonyl (C=O) groups is 1. The summed E-state index contributed by atoms with van der Waals surface area (Å²) in [6.45, 7) is 7.71. The Morgan fingerprint density at radius 2 is 2.03 bits per heavy atom. The van der Waals surface area contributed by atoms with Gasteiger partial charge in [0.05, 0.1) is 27.9 Å². The molecule has 0 saturated heterocycles. The molecule has 0 aliphatic heterocycles. The Hall–Kier alpha value is -2.25. The van der Waals surface area contributed by atoms with Crippen LogP contribution in [0.15, 0.2) is 57.9 Å². The second-order valence-corrected chi connectivity index (χ2v) is 8.89. The molecule has 1 aromatic carbocycles. The summed E-state index contributed by atoms with van der Waals surface area (Å²) in [7, 11) is 1.72. The predicted molar refractivity (Wildman–Crippen MR) is 126 cm³/mol. The number of benzene rings is 1. The van der Waals surface area contributed by atoms with E-state index in [2.05, 4.69) is 11.7 Å². The zero-order valence-electron chi connectivity index (χ0n) is 17.9. The van der Waals surface area contributed by atoms with Crippen molar-refractivity contribution in [3.8, 4) is 11.3 Å². The van der Waals surface area contributed by atoms with Crippen molar-refractivity contribution >= 4 is 40.8 Å². The molecule has 0 radical (unpaired) electrons. The van der Waals surface area contributed by atoms with Gasteiger partial charge in [-0.1, -0.05) is 72.5 Å². The Bertz CT molecular complexity index is 1080. The highest BCUT2D eigenvalue weighted by atomic mass is 35.5. The van der Waals surface area contributed by atoms with Gasteiger partial charge in [-0.2, -0.15) is 0 Å². The van der Waals surface area contributed by atoms with E-state index in [0.29, 0.717) is 44.2 Å². The van der Waals surface area contributed by atoms with Crippen LogP contribution < -0.4 is 0 Å². The topological polar surface area (TPSA) is 75.8 Å². The molecule has 1 heterocycles. The van der Waals surface area contributed by atoms with Crippen molar-refractivity contribution in [3.05, 3.63) is 74.7 Å². The molecule has 9 heteroatoms. The van der Waals surface area contributed by atoms with Crippen LogP contribution in [0.2, 0.25) is 10.0 Å². The molecule has 0 bridgehead atoms. The maximum atomic E-state index is 11.3. The molecule has 6 nitrogen and oxygen atoms in total. The normalized spacial score (nSPS) is 16.3. The van der Waals surface area contributed by atoms with E-state index < -0.39 is 5.97 Å². The lowest BCUT2D eigenvalue weighted by molar-refractivity contribution is -0.132. The molecular weight excluding hydrogens is 475 g/mol. The van der Waals surface area contributed by atoms with Crippen LogP contribution in [0.3, 0.4) is 0 Å². The first-order valence-corrected chi connectivity index (χ1v) is 11.0. The third kappa shape index (κ3) is 4.89. The third-order valence-corrected chi connectivity index (χ3v) is 6.08. The maximum Gasteiger partial charge on any atom is 0.337 e. The van der Waals surface area contributed by atoms with Gasteiger partial charge in [0.15, 0.2) is 0 Å². The molecule has 0 spiro atoms. The smallest absolute Gasteiger partial charge is 0.337 e. The number of aromatic nitrogens is 1. The molecule has 1 aliphatic carbocycles. The number of likely N-dealkylation sites (N-methyl/N-ethyl adjacent to an activating group) is 1. The van der Waals surface area contributed by atoms with Crippen LogP contribution in [0, 0.1) is 0 Å². The number of carboxylic acid groups (broad SMARTS) is 1. The fraction of sp³-hybridized carbons (Fsp3) is 0.304. The largest absolute Gasteiger partial charge is 0.478 e. The Morgan fingerprint density at radius 3 is 2.56 bits per heavy atom. The van der Waals surface area contributed by atoms with Gasteiger partial charge in [-0.05, 0) is 12.1 Å². The number of rotatable bonds is 9. The van der Waals surface area contributed by atoms with E-state index in [0.717, 1.165) is 5.56 Å². The monoisotopic (exact) mass is 496 g/mol. The van der Waals surface area contributed by atoms with Crippen LogP contribution in [0.4, 0.5) is 0 Å².